The summed E-state index contributed by atoms with van der Waals surface area (Å²) in [5.74, 6) is 5.91. The Hall–Kier alpha value is -0.0800. The summed E-state index contributed by atoms with van der Waals surface area (Å²) < 4.78 is 0. The molecule has 0 saturated heterocycles. The van der Waals surface area contributed by atoms with Crippen LogP contribution in [0.1, 0.15) is 92.4 Å². The van der Waals surface area contributed by atoms with Crippen LogP contribution in [0.25, 0.3) is 0 Å². The summed E-state index contributed by atoms with van der Waals surface area (Å²) in [7, 11) is 0. The molecule has 0 aromatic rings. The van der Waals surface area contributed by atoms with Crippen molar-refractivity contribution in [2.45, 2.75) is 105 Å². The first kappa shape index (κ1) is 21.2. The van der Waals surface area contributed by atoms with Crippen molar-refractivity contribution < 1.29 is 10.2 Å². The molecule has 4 saturated carbocycles. The van der Waals surface area contributed by atoms with Gasteiger partial charge in [0.05, 0.1) is 12.2 Å². The largest absolute Gasteiger partial charge is 0.393 e. The van der Waals surface area contributed by atoms with Gasteiger partial charge in [0.2, 0.25) is 0 Å². The summed E-state index contributed by atoms with van der Waals surface area (Å²) in [4.78, 5) is 0. The lowest BCUT2D eigenvalue weighted by Crippen LogP contribution is -2.59. The van der Waals surface area contributed by atoms with Crippen LogP contribution in [0, 0.1) is 58.7 Å². The first-order chi connectivity index (χ1) is 13.3. The predicted molar refractivity (Wildman–Crippen MR) is 116 cm³/mol. The van der Waals surface area contributed by atoms with Crippen LogP contribution in [0.5, 0.6) is 0 Å². The molecule has 0 spiro atoms. The molecule has 0 radical (unpaired) electrons. The summed E-state index contributed by atoms with van der Waals surface area (Å²) in [5.41, 5.74) is 0.444. The standard InChI is InChI=1S/C26H46O2/c1-6-8-15(3)21-9-10-22-24-19(11-12-26(21,22)5)23-16(4)13-17(27)14-20(23)18(7-2)25(24)28/h15-25,27-28H,6-14H2,1-5H3/t15-,16?,17-,18-,19?,20?,21?,22?,23?,24?,25?,26-/m1/s1. The second kappa shape index (κ2) is 7.88. The fourth-order valence-electron chi connectivity index (χ4n) is 9.65. The minimum absolute atomic E-state index is 0.140. The van der Waals surface area contributed by atoms with Gasteiger partial charge < -0.3 is 10.2 Å². The molecule has 0 heterocycles. The van der Waals surface area contributed by atoms with Crippen LogP contribution in [0.15, 0.2) is 0 Å². The Morgan fingerprint density at radius 3 is 2.43 bits per heavy atom. The van der Waals surface area contributed by atoms with Crippen molar-refractivity contribution in [2.75, 3.05) is 0 Å². The number of hydrogen-bond acceptors (Lipinski definition) is 2. The van der Waals surface area contributed by atoms with E-state index in [9.17, 15) is 10.2 Å². The van der Waals surface area contributed by atoms with Gasteiger partial charge in [0.15, 0.2) is 0 Å². The van der Waals surface area contributed by atoms with E-state index in [4.69, 9.17) is 0 Å². The van der Waals surface area contributed by atoms with E-state index in [0.717, 1.165) is 42.9 Å². The zero-order valence-corrected chi connectivity index (χ0v) is 19.1. The average molecular weight is 391 g/mol. The average Bonchev–Trinajstić information content (AvgIpc) is 2.98. The van der Waals surface area contributed by atoms with E-state index in [1.807, 2.05) is 0 Å². The minimum atomic E-state index is -0.145. The third-order valence-corrected chi connectivity index (χ3v) is 10.6. The summed E-state index contributed by atoms with van der Waals surface area (Å²) in [6.07, 6.45) is 10.8. The molecule has 4 rings (SSSR count). The van der Waals surface area contributed by atoms with Gasteiger partial charge in [-0.3, -0.25) is 0 Å². The fraction of sp³-hybridized carbons (Fsp3) is 1.00. The molecule has 28 heavy (non-hydrogen) atoms. The highest BCUT2D eigenvalue weighted by atomic mass is 16.3. The Morgan fingerprint density at radius 1 is 1.00 bits per heavy atom. The molecular formula is C26H46O2. The number of aliphatic hydroxyl groups excluding tert-OH is 2. The molecule has 162 valence electrons. The lowest BCUT2D eigenvalue weighted by Gasteiger charge is -2.61. The third kappa shape index (κ3) is 3.11. The number of aliphatic hydroxyl groups is 2. The Bertz CT molecular complexity index is 547. The minimum Gasteiger partial charge on any atom is -0.393 e. The molecular weight excluding hydrogens is 344 g/mol. The van der Waals surface area contributed by atoms with Crippen LogP contribution in [0.3, 0.4) is 0 Å². The van der Waals surface area contributed by atoms with E-state index in [2.05, 4.69) is 34.6 Å². The van der Waals surface area contributed by atoms with Gasteiger partial charge in [-0.2, -0.15) is 0 Å². The summed E-state index contributed by atoms with van der Waals surface area (Å²) >= 11 is 0. The number of hydrogen-bond donors (Lipinski definition) is 2. The molecule has 4 aliphatic rings. The number of fused-ring (bicyclic) bond motifs is 5. The SMILES string of the molecule is CCC[C@@H](C)C1CCC2C3C(CC[C@@]21C)C1C(C)C[C@@H](O)CC1[C@@H](CC)C3O. The van der Waals surface area contributed by atoms with Crippen LogP contribution >= 0.6 is 0 Å². The van der Waals surface area contributed by atoms with E-state index >= 15 is 0 Å². The number of rotatable bonds is 4. The van der Waals surface area contributed by atoms with Crippen molar-refractivity contribution >= 4 is 0 Å². The maximum atomic E-state index is 11.7. The smallest absolute Gasteiger partial charge is 0.0604 e. The van der Waals surface area contributed by atoms with Crippen molar-refractivity contribution in [1.82, 2.24) is 0 Å². The van der Waals surface area contributed by atoms with Gasteiger partial charge in [0.25, 0.3) is 0 Å². The predicted octanol–water partition coefficient (Wildman–Crippen LogP) is 5.91. The van der Waals surface area contributed by atoms with Gasteiger partial charge in [-0.25, -0.2) is 0 Å². The quantitative estimate of drug-likeness (QED) is 0.627. The van der Waals surface area contributed by atoms with Crippen LogP contribution < -0.4 is 0 Å². The van der Waals surface area contributed by atoms with Gasteiger partial charge in [0, 0.05) is 0 Å². The Morgan fingerprint density at radius 2 is 1.75 bits per heavy atom. The van der Waals surface area contributed by atoms with E-state index in [-0.39, 0.29) is 12.2 Å². The molecule has 8 unspecified atom stereocenters. The zero-order chi connectivity index (χ0) is 20.2. The highest BCUT2D eigenvalue weighted by molar-refractivity contribution is 5.11. The Balaban J connectivity index is 1.65. The molecule has 0 aromatic heterocycles. The molecule has 12 atom stereocenters. The van der Waals surface area contributed by atoms with E-state index in [1.54, 1.807) is 0 Å². The molecule has 0 bridgehead atoms. The maximum Gasteiger partial charge on any atom is 0.0604 e. The van der Waals surface area contributed by atoms with Crippen molar-refractivity contribution in [1.29, 1.82) is 0 Å². The molecule has 0 aromatic carbocycles. The summed E-state index contributed by atoms with van der Waals surface area (Å²) in [5, 5.41) is 22.2. The molecule has 0 amide bonds. The lowest BCUT2D eigenvalue weighted by atomic mass is 9.44. The molecule has 4 aliphatic carbocycles. The van der Waals surface area contributed by atoms with E-state index < -0.39 is 0 Å². The topological polar surface area (TPSA) is 40.5 Å². The van der Waals surface area contributed by atoms with Crippen molar-refractivity contribution in [2.24, 2.45) is 58.7 Å². The molecule has 2 nitrogen and oxygen atoms in total. The zero-order valence-electron chi connectivity index (χ0n) is 19.1. The summed E-state index contributed by atoms with van der Waals surface area (Å²) in [6.45, 7) is 12.1. The molecule has 4 fully saturated rings. The highest BCUT2D eigenvalue weighted by Gasteiger charge is 2.62. The maximum absolute atomic E-state index is 11.7. The van der Waals surface area contributed by atoms with Crippen LogP contribution in [0.4, 0.5) is 0 Å². The van der Waals surface area contributed by atoms with E-state index in [1.165, 1.54) is 38.5 Å². The Labute approximate surface area is 173 Å². The first-order valence-corrected chi connectivity index (χ1v) is 12.7. The van der Waals surface area contributed by atoms with Gasteiger partial charge in [0.1, 0.15) is 0 Å². The summed E-state index contributed by atoms with van der Waals surface area (Å²) in [6, 6.07) is 0. The molecule has 0 aliphatic heterocycles. The van der Waals surface area contributed by atoms with Gasteiger partial charge in [-0.05, 0) is 97.2 Å². The van der Waals surface area contributed by atoms with Crippen LogP contribution in [-0.4, -0.2) is 22.4 Å². The third-order valence-electron chi connectivity index (χ3n) is 10.6. The molecule has 2 heteroatoms. The van der Waals surface area contributed by atoms with Crippen LogP contribution in [0.2, 0.25) is 0 Å². The highest BCUT2D eigenvalue weighted by Crippen LogP contribution is 2.67. The van der Waals surface area contributed by atoms with Gasteiger partial charge in [-0.15, -0.1) is 0 Å². The van der Waals surface area contributed by atoms with Crippen LogP contribution in [-0.2, 0) is 0 Å². The van der Waals surface area contributed by atoms with Crippen molar-refractivity contribution in [3.63, 3.8) is 0 Å². The Kier molecular flexibility index (Phi) is 5.95. The molecule has 2 N–H and O–H groups in total. The van der Waals surface area contributed by atoms with Crippen molar-refractivity contribution in [3.8, 4) is 0 Å². The van der Waals surface area contributed by atoms with Crippen molar-refractivity contribution in [3.05, 3.63) is 0 Å². The van der Waals surface area contributed by atoms with Gasteiger partial charge >= 0.3 is 0 Å². The second-order valence-corrected chi connectivity index (χ2v) is 11.7. The van der Waals surface area contributed by atoms with Gasteiger partial charge in [-0.1, -0.05) is 53.9 Å². The first-order valence-electron chi connectivity index (χ1n) is 12.7. The second-order valence-electron chi connectivity index (χ2n) is 11.7. The fourth-order valence-corrected chi connectivity index (χ4v) is 9.65. The monoisotopic (exact) mass is 390 g/mol. The van der Waals surface area contributed by atoms with E-state index in [0.29, 0.717) is 35.0 Å². The normalized spacial score (nSPS) is 54.5. The lowest BCUT2D eigenvalue weighted by molar-refractivity contribution is -0.179.